The van der Waals surface area contributed by atoms with Gasteiger partial charge in [0.25, 0.3) is 0 Å². The number of aryl methyl sites for hydroxylation is 1. The summed E-state index contributed by atoms with van der Waals surface area (Å²) in [5, 5.41) is 3.46. The van der Waals surface area contributed by atoms with E-state index in [9.17, 15) is 0 Å². The highest BCUT2D eigenvalue weighted by molar-refractivity contribution is 5.35. The van der Waals surface area contributed by atoms with E-state index in [1.54, 1.807) is 11.1 Å². The molecule has 1 nitrogen and oxygen atoms in total. The lowest BCUT2D eigenvalue weighted by atomic mass is 9.81. The van der Waals surface area contributed by atoms with E-state index in [1.165, 1.54) is 38.8 Å². The molecule has 0 unspecified atom stereocenters. The second kappa shape index (κ2) is 3.97. The fourth-order valence-electron chi connectivity index (χ4n) is 3.33. The Balaban J connectivity index is 1.83. The molecule has 1 aromatic rings. The van der Waals surface area contributed by atoms with E-state index in [1.807, 2.05) is 0 Å². The second-order valence-electron chi connectivity index (χ2n) is 4.93. The van der Waals surface area contributed by atoms with E-state index in [-0.39, 0.29) is 0 Å². The van der Waals surface area contributed by atoms with E-state index in [2.05, 4.69) is 29.6 Å². The van der Waals surface area contributed by atoms with Gasteiger partial charge in [-0.25, -0.2) is 0 Å². The van der Waals surface area contributed by atoms with Crippen molar-refractivity contribution in [2.45, 2.75) is 31.6 Å². The lowest BCUT2D eigenvalue weighted by Gasteiger charge is -2.28. The molecule has 1 saturated heterocycles. The first-order valence-corrected chi connectivity index (χ1v) is 6.23. The molecular formula is C14H19N. The van der Waals surface area contributed by atoms with Crippen molar-refractivity contribution in [1.82, 2.24) is 5.32 Å². The molecule has 3 rings (SSSR count). The van der Waals surface area contributed by atoms with Gasteiger partial charge in [0.05, 0.1) is 0 Å². The van der Waals surface area contributed by atoms with Crippen LogP contribution in [0, 0.1) is 5.92 Å². The highest BCUT2D eigenvalue weighted by atomic mass is 14.9. The quantitative estimate of drug-likeness (QED) is 0.736. The molecule has 1 heterocycles. The Morgan fingerprint density at radius 3 is 2.67 bits per heavy atom. The van der Waals surface area contributed by atoms with Crippen LogP contribution in [0.4, 0.5) is 0 Å². The minimum atomic E-state index is 0.864. The molecule has 1 heteroatoms. The maximum atomic E-state index is 3.46. The Kier molecular flexibility index (Phi) is 2.49. The molecule has 1 aliphatic carbocycles. The molecule has 1 fully saturated rings. The standard InChI is InChI=1S/C14H19N/c1-2-4-13-11(3-1)5-6-14(13)12-7-9-15-10-8-12/h1-4,12,14-15H,5-10H2/t14-/m0/s1. The van der Waals surface area contributed by atoms with Crippen LogP contribution in [-0.2, 0) is 6.42 Å². The summed E-state index contributed by atoms with van der Waals surface area (Å²) in [6.07, 6.45) is 5.45. The monoisotopic (exact) mass is 201 g/mol. The van der Waals surface area contributed by atoms with E-state index in [4.69, 9.17) is 0 Å². The Morgan fingerprint density at radius 2 is 1.80 bits per heavy atom. The lowest BCUT2D eigenvalue weighted by molar-refractivity contribution is 0.317. The van der Waals surface area contributed by atoms with Crippen LogP contribution >= 0.6 is 0 Å². The summed E-state index contributed by atoms with van der Waals surface area (Å²) in [5.74, 6) is 1.80. The predicted octanol–water partition coefficient (Wildman–Crippen LogP) is 2.72. The molecule has 1 aromatic carbocycles. The third-order valence-electron chi connectivity index (χ3n) is 4.13. The van der Waals surface area contributed by atoms with Gasteiger partial charge in [-0.3, -0.25) is 0 Å². The van der Waals surface area contributed by atoms with Crippen LogP contribution in [0.15, 0.2) is 24.3 Å². The van der Waals surface area contributed by atoms with Crippen molar-refractivity contribution in [3.63, 3.8) is 0 Å². The second-order valence-corrected chi connectivity index (χ2v) is 4.93. The van der Waals surface area contributed by atoms with Gasteiger partial charge in [-0.2, -0.15) is 0 Å². The number of hydrogen-bond donors (Lipinski definition) is 1. The Bertz CT molecular complexity index is 339. The average molecular weight is 201 g/mol. The molecule has 0 saturated carbocycles. The number of piperidine rings is 1. The van der Waals surface area contributed by atoms with Crippen molar-refractivity contribution >= 4 is 0 Å². The average Bonchev–Trinajstić information content (AvgIpc) is 2.74. The first kappa shape index (κ1) is 9.41. The van der Waals surface area contributed by atoms with Gasteiger partial charge in [-0.15, -0.1) is 0 Å². The summed E-state index contributed by atoms with van der Waals surface area (Å²) in [6.45, 7) is 2.45. The van der Waals surface area contributed by atoms with Crippen molar-refractivity contribution in [2.24, 2.45) is 5.92 Å². The number of rotatable bonds is 1. The van der Waals surface area contributed by atoms with Crippen LogP contribution in [0.3, 0.4) is 0 Å². The van der Waals surface area contributed by atoms with Gasteiger partial charge >= 0.3 is 0 Å². The fraction of sp³-hybridized carbons (Fsp3) is 0.571. The predicted molar refractivity (Wildman–Crippen MR) is 63.1 cm³/mol. The van der Waals surface area contributed by atoms with Crippen molar-refractivity contribution in [1.29, 1.82) is 0 Å². The fourth-order valence-corrected chi connectivity index (χ4v) is 3.33. The van der Waals surface area contributed by atoms with E-state index >= 15 is 0 Å². The maximum absolute atomic E-state index is 3.46. The van der Waals surface area contributed by atoms with E-state index in [0.29, 0.717) is 0 Å². The SMILES string of the molecule is c1ccc2c(c1)CC[C@H]2C1CCNCC1. The van der Waals surface area contributed by atoms with Crippen LogP contribution in [-0.4, -0.2) is 13.1 Å². The minimum Gasteiger partial charge on any atom is -0.317 e. The van der Waals surface area contributed by atoms with Crippen molar-refractivity contribution < 1.29 is 0 Å². The first-order valence-electron chi connectivity index (χ1n) is 6.23. The number of fused-ring (bicyclic) bond motifs is 1. The van der Waals surface area contributed by atoms with E-state index in [0.717, 1.165) is 11.8 Å². The molecule has 15 heavy (non-hydrogen) atoms. The number of nitrogens with one attached hydrogen (secondary N) is 1. The molecule has 80 valence electrons. The Morgan fingerprint density at radius 1 is 1.00 bits per heavy atom. The Labute approximate surface area is 91.9 Å². The number of benzene rings is 1. The van der Waals surface area contributed by atoms with Gasteiger partial charge in [-0.1, -0.05) is 24.3 Å². The van der Waals surface area contributed by atoms with Crippen LogP contribution < -0.4 is 5.32 Å². The third kappa shape index (κ3) is 1.69. The normalized spacial score (nSPS) is 26.5. The molecule has 0 spiro atoms. The molecule has 1 aliphatic heterocycles. The van der Waals surface area contributed by atoms with Gasteiger partial charge in [0.1, 0.15) is 0 Å². The number of hydrogen-bond acceptors (Lipinski definition) is 1. The molecule has 0 amide bonds. The summed E-state index contributed by atoms with van der Waals surface area (Å²) in [7, 11) is 0. The van der Waals surface area contributed by atoms with E-state index < -0.39 is 0 Å². The zero-order valence-electron chi connectivity index (χ0n) is 9.21. The zero-order chi connectivity index (χ0) is 10.1. The summed E-state index contributed by atoms with van der Waals surface area (Å²) < 4.78 is 0. The minimum absolute atomic E-state index is 0.864. The van der Waals surface area contributed by atoms with Crippen LogP contribution in [0.1, 0.15) is 36.3 Å². The van der Waals surface area contributed by atoms with Crippen LogP contribution in [0.5, 0.6) is 0 Å². The molecule has 0 radical (unpaired) electrons. The van der Waals surface area contributed by atoms with Crippen molar-refractivity contribution in [2.75, 3.05) is 13.1 Å². The highest BCUT2D eigenvalue weighted by Crippen LogP contribution is 2.41. The van der Waals surface area contributed by atoms with Crippen molar-refractivity contribution in [3.8, 4) is 0 Å². The van der Waals surface area contributed by atoms with Gasteiger partial charge < -0.3 is 5.32 Å². The zero-order valence-corrected chi connectivity index (χ0v) is 9.21. The summed E-state index contributed by atoms with van der Waals surface area (Å²) in [5.41, 5.74) is 3.27. The summed E-state index contributed by atoms with van der Waals surface area (Å²) >= 11 is 0. The topological polar surface area (TPSA) is 12.0 Å². The molecule has 1 N–H and O–H groups in total. The molecule has 0 bridgehead atoms. The third-order valence-corrected chi connectivity index (χ3v) is 4.13. The first-order chi connectivity index (χ1) is 7.45. The molecule has 0 aromatic heterocycles. The summed E-state index contributed by atoms with van der Waals surface area (Å²) in [4.78, 5) is 0. The van der Waals surface area contributed by atoms with Crippen LogP contribution in [0.2, 0.25) is 0 Å². The molecule has 2 aliphatic rings. The lowest BCUT2D eigenvalue weighted by Crippen LogP contribution is -2.30. The smallest absolute Gasteiger partial charge is 0.00461 e. The molecule has 1 atom stereocenters. The van der Waals surface area contributed by atoms with Gasteiger partial charge in [-0.05, 0) is 61.7 Å². The maximum Gasteiger partial charge on any atom is -0.00461 e. The summed E-state index contributed by atoms with van der Waals surface area (Å²) in [6, 6.07) is 9.06. The van der Waals surface area contributed by atoms with Crippen molar-refractivity contribution in [3.05, 3.63) is 35.4 Å². The molecular weight excluding hydrogens is 182 g/mol. The largest absolute Gasteiger partial charge is 0.317 e. The van der Waals surface area contributed by atoms with Gasteiger partial charge in [0.15, 0.2) is 0 Å². The van der Waals surface area contributed by atoms with Crippen LogP contribution in [0.25, 0.3) is 0 Å². The van der Waals surface area contributed by atoms with Gasteiger partial charge in [0.2, 0.25) is 0 Å². The highest BCUT2D eigenvalue weighted by Gasteiger charge is 2.29. The van der Waals surface area contributed by atoms with Gasteiger partial charge in [0, 0.05) is 0 Å². The Hall–Kier alpha value is -0.820.